The fourth-order valence-electron chi connectivity index (χ4n) is 2.99. The molecular formula is C16H24Cl2N2O. The summed E-state index contributed by atoms with van der Waals surface area (Å²) in [5.41, 5.74) is 0.966. The van der Waals surface area contributed by atoms with Crippen molar-refractivity contribution in [2.24, 2.45) is 5.92 Å². The highest BCUT2D eigenvalue weighted by Crippen LogP contribution is 2.39. The molecule has 1 aromatic rings. The average molecular weight is 331 g/mol. The zero-order valence-corrected chi connectivity index (χ0v) is 14.2. The van der Waals surface area contributed by atoms with Crippen LogP contribution in [0.1, 0.15) is 38.2 Å². The first-order valence-electron chi connectivity index (χ1n) is 7.30. The van der Waals surface area contributed by atoms with E-state index >= 15 is 0 Å². The lowest BCUT2D eigenvalue weighted by molar-refractivity contribution is -0.126. The molecule has 21 heavy (non-hydrogen) atoms. The van der Waals surface area contributed by atoms with Crippen molar-refractivity contribution in [2.45, 2.75) is 38.1 Å². The third kappa shape index (κ3) is 4.35. The molecule has 0 radical (unpaired) electrons. The Balaban J connectivity index is 0.00000220. The lowest BCUT2D eigenvalue weighted by Gasteiger charge is -2.32. The summed E-state index contributed by atoms with van der Waals surface area (Å²) in [4.78, 5) is 12.4. The van der Waals surface area contributed by atoms with Gasteiger partial charge in [-0.1, -0.05) is 43.5 Å². The minimum Gasteiger partial charge on any atom is -0.346 e. The van der Waals surface area contributed by atoms with Crippen LogP contribution in [-0.4, -0.2) is 19.5 Å². The predicted octanol–water partition coefficient (Wildman–Crippen LogP) is 3.50. The lowest BCUT2D eigenvalue weighted by atomic mass is 9.87. The second-order valence-corrected chi connectivity index (χ2v) is 6.18. The van der Waals surface area contributed by atoms with Gasteiger partial charge >= 0.3 is 0 Å². The normalized spacial score (nSPS) is 17.9. The number of nitrogens with one attached hydrogen (secondary N) is 2. The maximum Gasteiger partial charge on any atom is 0.224 e. The van der Waals surface area contributed by atoms with Crippen molar-refractivity contribution >= 4 is 29.9 Å². The molecule has 0 saturated heterocycles. The van der Waals surface area contributed by atoms with Crippen LogP contribution < -0.4 is 10.6 Å². The van der Waals surface area contributed by atoms with Crippen LogP contribution in [0.3, 0.4) is 0 Å². The van der Waals surface area contributed by atoms with Crippen LogP contribution >= 0.6 is 24.0 Å². The maximum atomic E-state index is 12.4. The van der Waals surface area contributed by atoms with Gasteiger partial charge in [0.05, 0.1) is 5.54 Å². The van der Waals surface area contributed by atoms with E-state index in [9.17, 15) is 4.79 Å². The van der Waals surface area contributed by atoms with Crippen molar-refractivity contribution in [3.05, 3.63) is 34.9 Å². The summed E-state index contributed by atoms with van der Waals surface area (Å²) in [5.74, 6) is 0.0981. The quantitative estimate of drug-likeness (QED) is 0.867. The molecule has 118 valence electrons. The van der Waals surface area contributed by atoms with Crippen LogP contribution in [0.5, 0.6) is 0 Å². The molecule has 0 bridgehead atoms. The molecule has 1 aromatic carbocycles. The third-order valence-electron chi connectivity index (χ3n) is 4.17. The second kappa shape index (κ2) is 8.02. The van der Waals surface area contributed by atoms with E-state index in [1.807, 2.05) is 38.2 Å². The van der Waals surface area contributed by atoms with E-state index in [0.29, 0.717) is 6.54 Å². The Bertz CT molecular complexity index is 456. The SMILES string of the molecule is CNCC(C)C(=O)NC1(c2ccc(Cl)cc2)CCCC1.Cl. The van der Waals surface area contributed by atoms with Crippen molar-refractivity contribution in [1.82, 2.24) is 10.6 Å². The zero-order valence-electron chi connectivity index (χ0n) is 12.6. The monoisotopic (exact) mass is 330 g/mol. The number of halogens is 2. The maximum absolute atomic E-state index is 12.4. The average Bonchev–Trinajstić information content (AvgIpc) is 2.89. The van der Waals surface area contributed by atoms with Crippen molar-refractivity contribution in [2.75, 3.05) is 13.6 Å². The van der Waals surface area contributed by atoms with Gasteiger partial charge in [-0.2, -0.15) is 0 Å². The predicted molar refractivity (Wildman–Crippen MR) is 90.1 cm³/mol. The van der Waals surface area contributed by atoms with Crippen LogP contribution in [-0.2, 0) is 10.3 Å². The number of hydrogen-bond donors (Lipinski definition) is 2. The smallest absolute Gasteiger partial charge is 0.224 e. The van der Waals surface area contributed by atoms with Crippen LogP contribution in [0.15, 0.2) is 24.3 Å². The van der Waals surface area contributed by atoms with E-state index < -0.39 is 0 Å². The molecule has 1 unspecified atom stereocenters. The van der Waals surface area contributed by atoms with E-state index in [2.05, 4.69) is 10.6 Å². The number of hydrogen-bond acceptors (Lipinski definition) is 2. The van der Waals surface area contributed by atoms with E-state index in [0.717, 1.165) is 30.7 Å². The van der Waals surface area contributed by atoms with Gasteiger partial charge in [0.15, 0.2) is 0 Å². The van der Waals surface area contributed by atoms with Gasteiger partial charge in [0.1, 0.15) is 0 Å². The second-order valence-electron chi connectivity index (χ2n) is 5.74. The molecule has 0 spiro atoms. The Morgan fingerprint density at radius 2 is 1.86 bits per heavy atom. The van der Waals surface area contributed by atoms with Crippen LogP contribution in [0.25, 0.3) is 0 Å². The molecule has 1 saturated carbocycles. The topological polar surface area (TPSA) is 41.1 Å². The van der Waals surface area contributed by atoms with Gasteiger partial charge in [0.25, 0.3) is 0 Å². The third-order valence-corrected chi connectivity index (χ3v) is 4.43. The molecule has 1 fully saturated rings. The van der Waals surface area contributed by atoms with Gasteiger partial charge in [0, 0.05) is 17.5 Å². The highest BCUT2D eigenvalue weighted by molar-refractivity contribution is 6.30. The molecule has 0 heterocycles. The van der Waals surface area contributed by atoms with Crippen LogP contribution in [0.4, 0.5) is 0 Å². The molecule has 1 aliphatic carbocycles. The number of amides is 1. The highest BCUT2D eigenvalue weighted by Gasteiger charge is 2.37. The molecule has 3 nitrogen and oxygen atoms in total. The van der Waals surface area contributed by atoms with Gasteiger partial charge in [-0.05, 0) is 37.6 Å². The van der Waals surface area contributed by atoms with Crippen molar-refractivity contribution < 1.29 is 4.79 Å². The number of carbonyl (C=O) groups is 1. The van der Waals surface area contributed by atoms with Gasteiger partial charge in [0.2, 0.25) is 5.91 Å². The number of carbonyl (C=O) groups excluding carboxylic acids is 1. The fourth-order valence-corrected chi connectivity index (χ4v) is 3.12. The first-order valence-corrected chi connectivity index (χ1v) is 7.68. The first-order chi connectivity index (χ1) is 9.57. The molecule has 1 atom stereocenters. The fraction of sp³-hybridized carbons (Fsp3) is 0.562. The Labute approximate surface area is 138 Å². The van der Waals surface area contributed by atoms with Crippen molar-refractivity contribution in [1.29, 1.82) is 0 Å². The molecule has 0 aromatic heterocycles. The molecule has 2 rings (SSSR count). The van der Waals surface area contributed by atoms with Gasteiger partial charge in [-0.25, -0.2) is 0 Å². The molecule has 2 N–H and O–H groups in total. The highest BCUT2D eigenvalue weighted by atomic mass is 35.5. The summed E-state index contributed by atoms with van der Waals surface area (Å²) < 4.78 is 0. The molecule has 1 amide bonds. The van der Waals surface area contributed by atoms with Crippen molar-refractivity contribution in [3.8, 4) is 0 Å². The summed E-state index contributed by atoms with van der Waals surface area (Å²) in [7, 11) is 1.87. The van der Waals surface area contributed by atoms with E-state index in [1.54, 1.807) is 0 Å². The summed E-state index contributed by atoms with van der Waals surface area (Å²) in [6.07, 6.45) is 4.33. The van der Waals surface area contributed by atoms with Gasteiger partial charge in [-0.15, -0.1) is 12.4 Å². The molecular weight excluding hydrogens is 307 g/mol. The Morgan fingerprint density at radius 1 is 1.29 bits per heavy atom. The minimum atomic E-state index is -0.205. The Hall–Kier alpha value is -0.770. The van der Waals surface area contributed by atoms with Crippen LogP contribution in [0.2, 0.25) is 5.02 Å². The summed E-state index contributed by atoms with van der Waals surface area (Å²) in [5, 5.41) is 7.08. The van der Waals surface area contributed by atoms with Gasteiger partial charge in [-0.3, -0.25) is 4.79 Å². The summed E-state index contributed by atoms with van der Waals surface area (Å²) in [6.45, 7) is 2.65. The Morgan fingerprint density at radius 3 is 2.38 bits per heavy atom. The first kappa shape index (κ1) is 18.3. The van der Waals surface area contributed by atoms with E-state index in [4.69, 9.17) is 11.6 Å². The van der Waals surface area contributed by atoms with Crippen LogP contribution in [0, 0.1) is 5.92 Å². The number of benzene rings is 1. The van der Waals surface area contributed by atoms with E-state index in [-0.39, 0.29) is 29.8 Å². The summed E-state index contributed by atoms with van der Waals surface area (Å²) in [6, 6.07) is 7.88. The minimum absolute atomic E-state index is 0. The largest absolute Gasteiger partial charge is 0.346 e. The molecule has 0 aliphatic heterocycles. The Kier molecular flexibility index (Phi) is 6.98. The molecule has 5 heteroatoms. The lowest BCUT2D eigenvalue weighted by Crippen LogP contribution is -2.47. The van der Waals surface area contributed by atoms with E-state index in [1.165, 1.54) is 5.56 Å². The van der Waals surface area contributed by atoms with Crippen molar-refractivity contribution in [3.63, 3.8) is 0 Å². The number of rotatable bonds is 5. The molecule has 1 aliphatic rings. The zero-order chi connectivity index (χ0) is 14.6. The summed E-state index contributed by atoms with van der Waals surface area (Å²) >= 11 is 5.97. The van der Waals surface area contributed by atoms with Gasteiger partial charge < -0.3 is 10.6 Å². The standard InChI is InChI=1S/C16H23ClN2O.ClH/c1-12(11-18-2)15(20)19-16(9-3-4-10-16)13-5-7-14(17)8-6-13;/h5-8,12,18H,3-4,9-11H2,1-2H3,(H,19,20);1H.